The van der Waals surface area contributed by atoms with Crippen molar-refractivity contribution in [3.63, 3.8) is 0 Å². The molecule has 122 valence electrons. The highest BCUT2D eigenvalue weighted by Crippen LogP contribution is 2.28. The van der Waals surface area contributed by atoms with Crippen LogP contribution in [-0.2, 0) is 0 Å². The first-order valence-corrected chi connectivity index (χ1v) is 9.38. The van der Waals surface area contributed by atoms with Gasteiger partial charge in [0.15, 0.2) is 0 Å². The van der Waals surface area contributed by atoms with E-state index in [1.54, 1.807) is 18.9 Å². The van der Waals surface area contributed by atoms with Crippen LogP contribution in [0.25, 0.3) is 0 Å². The second-order valence-corrected chi connectivity index (χ2v) is 6.95. The van der Waals surface area contributed by atoms with E-state index in [1.165, 1.54) is 44.9 Å². The van der Waals surface area contributed by atoms with Crippen LogP contribution in [0.4, 0.5) is 0 Å². The summed E-state index contributed by atoms with van der Waals surface area (Å²) >= 11 is 1.67. The van der Waals surface area contributed by atoms with Gasteiger partial charge in [-0.15, -0.1) is 11.8 Å². The summed E-state index contributed by atoms with van der Waals surface area (Å²) in [6.45, 7) is 2.25. The van der Waals surface area contributed by atoms with Crippen molar-refractivity contribution >= 4 is 11.8 Å². The standard InChI is InChI=1S/C19H29NOS/c1-3-4-5-6-7-8-9-10-11-19(16-20)22-18-14-12-17(21-2)13-15-18/h12-15,19H,3-11H2,1-2H3. The van der Waals surface area contributed by atoms with Gasteiger partial charge < -0.3 is 4.74 Å². The lowest BCUT2D eigenvalue weighted by molar-refractivity contribution is 0.414. The first-order chi connectivity index (χ1) is 10.8. The second kappa shape index (κ2) is 12.4. The molecule has 1 rings (SSSR count). The van der Waals surface area contributed by atoms with Gasteiger partial charge in [0.25, 0.3) is 0 Å². The van der Waals surface area contributed by atoms with E-state index in [2.05, 4.69) is 13.0 Å². The number of hydrogen-bond acceptors (Lipinski definition) is 3. The van der Waals surface area contributed by atoms with E-state index in [9.17, 15) is 5.26 Å². The van der Waals surface area contributed by atoms with Gasteiger partial charge >= 0.3 is 0 Å². The van der Waals surface area contributed by atoms with Crippen molar-refractivity contribution in [1.82, 2.24) is 0 Å². The van der Waals surface area contributed by atoms with Crippen LogP contribution >= 0.6 is 11.8 Å². The molecule has 0 aliphatic carbocycles. The number of nitriles is 1. The lowest BCUT2D eigenvalue weighted by Gasteiger charge is -2.09. The summed E-state index contributed by atoms with van der Waals surface area (Å²) in [4.78, 5) is 1.15. The first kappa shape index (κ1) is 18.9. The monoisotopic (exact) mass is 319 g/mol. The third-order valence-corrected chi connectivity index (χ3v) is 4.97. The minimum atomic E-state index is 0.0634. The van der Waals surface area contributed by atoms with Crippen LogP contribution < -0.4 is 4.74 Å². The maximum Gasteiger partial charge on any atom is 0.118 e. The fourth-order valence-corrected chi connectivity index (χ4v) is 3.39. The highest BCUT2D eigenvalue weighted by atomic mass is 32.2. The van der Waals surface area contributed by atoms with E-state index in [-0.39, 0.29) is 5.25 Å². The van der Waals surface area contributed by atoms with Crippen LogP contribution in [0.1, 0.15) is 64.7 Å². The summed E-state index contributed by atoms with van der Waals surface area (Å²) in [5.74, 6) is 0.862. The summed E-state index contributed by atoms with van der Waals surface area (Å²) in [6.07, 6.45) is 11.5. The van der Waals surface area contributed by atoms with E-state index in [1.807, 2.05) is 24.3 Å². The summed E-state index contributed by atoms with van der Waals surface area (Å²) in [5, 5.41) is 9.36. The van der Waals surface area contributed by atoms with Crippen LogP contribution in [0.5, 0.6) is 5.75 Å². The molecule has 0 spiro atoms. The molecule has 0 bridgehead atoms. The average Bonchev–Trinajstić information content (AvgIpc) is 2.56. The Morgan fingerprint density at radius 2 is 1.59 bits per heavy atom. The molecular formula is C19H29NOS. The van der Waals surface area contributed by atoms with Gasteiger partial charge in [0.2, 0.25) is 0 Å². The maximum atomic E-state index is 9.29. The summed E-state index contributed by atoms with van der Waals surface area (Å²) in [7, 11) is 1.67. The Kier molecular flexibility index (Phi) is 10.7. The van der Waals surface area contributed by atoms with E-state index >= 15 is 0 Å². The molecule has 0 radical (unpaired) electrons. The van der Waals surface area contributed by atoms with Crippen LogP contribution in [-0.4, -0.2) is 12.4 Å². The van der Waals surface area contributed by atoms with Gasteiger partial charge in [-0.3, -0.25) is 0 Å². The number of benzene rings is 1. The summed E-state index contributed by atoms with van der Waals surface area (Å²) in [5.41, 5.74) is 0. The van der Waals surface area contributed by atoms with Crippen LogP contribution in [0.15, 0.2) is 29.2 Å². The molecule has 22 heavy (non-hydrogen) atoms. The van der Waals surface area contributed by atoms with Gasteiger partial charge in [-0.1, -0.05) is 58.3 Å². The zero-order valence-corrected chi connectivity index (χ0v) is 14.8. The van der Waals surface area contributed by atoms with E-state index in [4.69, 9.17) is 4.74 Å². The topological polar surface area (TPSA) is 33.0 Å². The molecule has 3 heteroatoms. The molecule has 1 atom stereocenters. The predicted molar refractivity (Wildman–Crippen MR) is 95.5 cm³/mol. The molecule has 0 aliphatic heterocycles. The lowest BCUT2D eigenvalue weighted by Crippen LogP contribution is -1.98. The maximum absolute atomic E-state index is 9.29. The third kappa shape index (κ3) is 8.34. The van der Waals surface area contributed by atoms with Gasteiger partial charge in [0.1, 0.15) is 5.75 Å². The Bertz CT molecular complexity index is 424. The molecule has 0 heterocycles. The Labute approximate surface area is 140 Å². The number of rotatable bonds is 12. The lowest BCUT2D eigenvalue weighted by atomic mass is 10.1. The van der Waals surface area contributed by atoms with E-state index < -0.39 is 0 Å². The molecule has 0 saturated heterocycles. The van der Waals surface area contributed by atoms with Crippen molar-refractivity contribution in [3.05, 3.63) is 24.3 Å². The van der Waals surface area contributed by atoms with E-state index in [0.29, 0.717) is 0 Å². The zero-order chi connectivity index (χ0) is 16.0. The number of nitrogens with zero attached hydrogens (tertiary/aromatic N) is 1. The average molecular weight is 320 g/mol. The third-order valence-electron chi connectivity index (χ3n) is 3.80. The molecule has 0 saturated carbocycles. The fraction of sp³-hybridized carbons (Fsp3) is 0.632. The van der Waals surface area contributed by atoms with Gasteiger partial charge in [-0.2, -0.15) is 5.26 Å². The van der Waals surface area contributed by atoms with Crippen LogP contribution in [0, 0.1) is 11.3 Å². The molecule has 0 aliphatic rings. The molecule has 2 nitrogen and oxygen atoms in total. The molecule has 1 unspecified atom stereocenters. The zero-order valence-electron chi connectivity index (χ0n) is 14.0. The van der Waals surface area contributed by atoms with Gasteiger partial charge in [0.05, 0.1) is 18.4 Å². The number of methoxy groups -OCH3 is 1. The highest BCUT2D eigenvalue weighted by molar-refractivity contribution is 8.00. The largest absolute Gasteiger partial charge is 0.497 e. The second-order valence-electron chi connectivity index (χ2n) is 5.67. The van der Waals surface area contributed by atoms with Crippen molar-refractivity contribution in [2.45, 2.75) is 74.9 Å². The molecule has 0 amide bonds. The molecule has 1 aromatic rings. The van der Waals surface area contributed by atoms with Crippen molar-refractivity contribution in [2.24, 2.45) is 0 Å². The quantitative estimate of drug-likeness (QED) is 0.339. The SMILES string of the molecule is CCCCCCCCCCC(C#N)Sc1ccc(OC)cc1. The minimum Gasteiger partial charge on any atom is -0.497 e. The Morgan fingerprint density at radius 3 is 2.14 bits per heavy atom. The molecule has 0 fully saturated rings. The van der Waals surface area contributed by atoms with Crippen molar-refractivity contribution in [2.75, 3.05) is 7.11 Å². The molecular weight excluding hydrogens is 290 g/mol. The van der Waals surface area contributed by atoms with E-state index in [0.717, 1.165) is 23.5 Å². The van der Waals surface area contributed by atoms with Gasteiger partial charge in [-0.05, 0) is 30.7 Å². The Hall–Kier alpha value is -1.14. The van der Waals surface area contributed by atoms with Crippen LogP contribution in [0.2, 0.25) is 0 Å². The Morgan fingerprint density at radius 1 is 1.00 bits per heavy atom. The van der Waals surface area contributed by atoms with Gasteiger partial charge in [-0.25, -0.2) is 0 Å². The summed E-state index contributed by atoms with van der Waals surface area (Å²) < 4.78 is 5.15. The van der Waals surface area contributed by atoms with Crippen molar-refractivity contribution in [1.29, 1.82) is 5.26 Å². The number of thioether (sulfide) groups is 1. The fourth-order valence-electron chi connectivity index (χ4n) is 2.43. The highest BCUT2D eigenvalue weighted by Gasteiger charge is 2.09. The van der Waals surface area contributed by atoms with Gasteiger partial charge in [0, 0.05) is 4.90 Å². The summed E-state index contributed by atoms with van der Waals surface area (Å²) in [6, 6.07) is 10.4. The van der Waals surface area contributed by atoms with Crippen molar-refractivity contribution < 1.29 is 4.74 Å². The molecule has 1 aromatic carbocycles. The van der Waals surface area contributed by atoms with Crippen molar-refractivity contribution in [3.8, 4) is 11.8 Å². The Balaban J connectivity index is 2.15. The smallest absolute Gasteiger partial charge is 0.118 e. The first-order valence-electron chi connectivity index (χ1n) is 8.50. The minimum absolute atomic E-state index is 0.0634. The number of hydrogen-bond donors (Lipinski definition) is 0. The number of ether oxygens (including phenoxy) is 1. The molecule has 0 aromatic heterocycles. The normalized spacial score (nSPS) is 11.9. The molecule has 0 N–H and O–H groups in total. The van der Waals surface area contributed by atoms with Crippen LogP contribution in [0.3, 0.4) is 0 Å². The number of unbranched alkanes of at least 4 members (excludes halogenated alkanes) is 7. The predicted octanol–water partition coefficient (Wildman–Crippen LogP) is 6.21.